The minimum absolute atomic E-state index is 0.0810. The van der Waals surface area contributed by atoms with E-state index in [0.717, 1.165) is 31.4 Å². The van der Waals surface area contributed by atoms with E-state index in [1.54, 1.807) is 27.9 Å². The Morgan fingerprint density at radius 2 is 1.96 bits per heavy atom. The van der Waals surface area contributed by atoms with Gasteiger partial charge in [-0.1, -0.05) is 18.2 Å². The first-order valence-corrected chi connectivity index (χ1v) is 8.44. The highest BCUT2D eigenvalue weighted by molar-refractivity contribution is 7.17. The van der Waals surface area contributed by atoms with E-state index in [1.807, 2.05) is 18.2 Å². The van der Waals surface area contributed by atoms with Crippen LogP contribution in [0.4, 0.5) is 5.69 Å². The molecule has 0 radical (unpaired) electrons. The normalized spacial score (nSPS) is 13.7. The Hall–Kier alpha value is -2.47. The van der Waals surface area contributed by atoms with Gasteiger partial charge in [-0.3, -0.25) is 14.0 Å². The molecular formula is C17H15N3O2S. The van der Waals surface area contributed by atoms with Gasteiger partial charge in [0.2, 0.25) is 0 Å². The first kappa shape index (κ1) is 14.1. The fourth-order valence-corrected chi connectivity index (χ4v) is 4.11. The molecule has 6 heteroatoms. The van der Waals surface area contributed by atoms with E-state index in [9.17, 15) is 9.59 Å². The number of anilines is 1. The lowest BCUT2D eigenvalue weighted by atomic mass is 10.0. The highest BCUT2D eigenvalue weighted by Crippen LogP contribution is 2.28. The molecule has 5 nitrogen and oxygen atoms in total. The average Bonchev–Trinajstić information content (AvgIpc) is 2.95. The minimum Gasteiger partial charge on any atom is -0.322 e. The molecule has 0 unspecified atom stereocenters. The van der Waals surface area contributed by atoms with Crippen molar-refractivity contribution in [1.82, 2.24) is 9.38 Å². The molecule has 23 heavy (non-hydrogen) atoms. The molecule has 2 heterocycles. The molecular weight excluding hydrogens is 310 g/mol. The van der Waals surface area contributed by atoms with Crippen molar-refractivity contribution in [2.75, 3.05) is 5.32 Å². The average molecular weight is 325 g/mol. The molecule has 3 aromatic rings. The van der Waals surface area contributed by atoms with Crippen LogP contribution in [0, 0.1) is 0 Å². The number of nitrogens with one attached hydrogen (secondary N) is 1. The van der Waals surface area contributed by atoms with Crippen molar-refractivity contribution in [3.05, 3.63) is 63.0 Å². The lowest BCUT2D eigenvalue weighted by Crippen LogP contribution is -2.27. The summed E-state index contributed by atoms with van der Waals surface area (Å²) in [5.41, 5.74) is 1.50. The van der Waals surface area contributed by atoms with Crippen LogP contribution < -0.4 is 10.9 Å². The number of amides is 1. The lowest BCUT2D eigenvalue weighted by Gasteiger charge is -2.10. The predicted octanol–water partition coefficient (Wildman–Crippen LogP) is 2.89. The van der Waals surface area contributed by atoms with E-state index < -0.39 is 5.91 Å². The van der Waals surface area contributed by atoms with Gasteiger partial charge < -0.3 is 5.32 Å². The Balaban J connectivity index is 1.77. The maximum atomic E-state index is 12.8. The molecule has 0 saturated heterocycles. The van der Waals surface area contributed by atoms with Crippen LogP contribution in [0.25, 0.3) is 4.96 Å². The molecule has 0 saturated carbocycles. The number of carbonyl (C=O) groups excluding carboxylic acids is 1. The van der Waals surface area contributed by atoms with Crippen LogP contribution in [0.5, 0.6) is 0 Å². The highest BCUT2D eigenvalue weighted by atomic mass is 32.1. The second-order valence-electron chi connectivity index (χ2n) is 5.59. The van der Waals surface area contributed by atoms with Gasteiger partial charge in [-0.25, -0.2) is 4.98 Å². The minimum atomic E-state index is -0.418. The third-order valence-electron chi connectivity index (χ3n) is 4.08. The van der Waals surface area contributed by atoms with Gasteiger partial charge in [0.05, 0.1) is 0 Å². The van der Waals surface area contributed by atoms with E-state index in [0.29, 0.717) is 10.6 Å². The third-order valence-corrected chi connectivity index (χ3v) is 5.24. The number of hydrogen-bond acceptors (Lipinski definition) is 4. The van der Waals surface area contributed by atoms with Crippen LogP contribution in [-0.2, 0) is 12.8 Å². The first-order valence-electron chi connectivity index (χ1n) is 7.63. The number of benzene rings is 1. The highest BCUT2D eigenvalue weighted by Gasteiger charge is 2.21. The summed E-state index contributed by atoms with van der Waals surface area (Å²) in [5, 5.41) is 2.75. The Morgan fingerprint density at radius 1 is 1.17 bits per heavy atom. The van der Waals surface area contributed by atoms with Gasteiger partial charge in [0.25, 0.3) is 11.5 Å². The summed E-state index contributed by atoms with van der Waals surface area (Å²) in [6.45, 7) is 0. The quantitative estimate of drug-likeness (QED) is 0.788. The zero-order chi connectivity index (χ0) is 15.8. The molecule has 1 aliphatic rings. The van der Waals surface area contributed by atoms with Gasteiger partial charge in [0.15, 0.2) is 4.96 Å². The SMILES string of the molecule is O=C(Nc1ccccc1)c1cnc2sc3c(n2c1=O)CCCC3. The maximum Gasteiger partial charge on any atom is 0.271 e. The molecule has 116 valence electrons. The van der Waals surface area contributed by atoms with Gasteiger partial charge in [-0.15, -0.1) is 11.3 Å². The summed E-state index contributed by atoms with van der Waals surface area (Å²) in [6, 6.07) is 9.11. The molecule has 0 fully saturated rings. The van der Waals surface area contributed by atoms with Gasteiger partial charge in [0.1, 0.15) is 5.56 Å². The zero-order valence-electron chi connectivity index (χ0n) is 12.4. The summed E-state index contributed by atoms with van der Waals surface area (Å²) in [4.78, 5) is 31.4. The van der Waals surface area contributed by atoms with E-state index in [4.69, 9.17) is 0 Å². The van der Waals surface area contributed by atoms with E-state index in [1.165, 1.54) is 11.1 Å². The predicted molar refractivity (Wildman–Crippen MR) is 90.4 cm³/mol. The summed E-state index contributed by atoms with van der Waals surface area (Å²) in [6.07, 6.45) is 5.48. The summed E-state index contributed by atoms with van der Waals surface area (Å²) in [5.74, 6) is -0.418. The Labute approximate surface area is 136 Å². The van der Waals surface area contributed by atoms with Crippen molar-refractivity contribution < 1.29 is 4.79 Å². The summed E-state index contributed by atoms with van der Waals surface area (Å²) in [7, 11) is 0. The molecule has 1 aliphatic carbocycles. The van der Waals surface area contributed by atoms with Gasteiger partial charge in [-0.2, -0.15) is 0 Å². The number of para-hydroxylation sites is 1. The standard InChI is InChI=1S/C17H15N3O2S/c21-15(19-11-6-2-1-3-7-11)12-10-18-17-20(16(12)22)13-8-4-5-9-14(13)23-17/h1-3,6-7,10H,4-5,8-9H2,(H,19,21). The van der Waals surface area contributed by atoms with Crippen LogP contribution in [0.15, 0.2) is 41.3 Å². The topological polar surface area (TPSA) is 63.5 Å². The van der Waals surface area contributed by atoms with Gasteiger partial charge in [-0.05, 0) is 37.8 Å². The molecule has 1 amide bonds. The Morgan fingerprint density at radius 3 is 2.78 bits per heavy atom. The van der Waals surface area contributed by atoms with Crippen LogP contribution in [-0.4, -0.2) is 15.3 Å². The zero-order valence-corrected chi connectivity index (χ0v) is 13.2. The monoisotopic (exact) mass is 325 g/mol. The van der Waals surface area contributed by atoms with Crippen molar-refractivity contribution >= 4 is 27.9 Å². The Bertz CT molecular complexity index is 944. The second kappa shape index (κ2) is 5.62. The number of hydrogen-bond donors (Lipinski definition) is 1. The number of aromatic nitrogens is 2. The molecule has 1 aromatic carbocycles. The molecule has 0 aliphatic heterocycles. The largest absolute Gasteiger partial charge is 0.322 e. The summed E-state index contributed by atoms with van der Waals surface area (Å²) < 4.78 is 1.62. The first-order chi connectivity index (χ1) is 11.2. The van der Waals surface area contributed by atoms with Crippen LogP contribution in [0.3, 0.4) is 0 Å². The van der Waals surface area contributed by atoms with Crippen molar-refractivity contribution in [3.8, 4) is 0 Å². The molecule has 0 bridgehead atoms. The smallest absolute Gasteiger partial charge is 0.271 e. The molecule has 0 spiro atoms. The molecule has 2 aromatic heterocycles. The maximum absolute atomic E-state index is 12.8. The Kier molecular flexibility index (Phi) is 3.46. The van der Waals surface area contributed by atoms with Gasteiger partial charge in [0, 0.05) is 22.5 Å². The van der Waals surface area contributed by atoms with Crippen LogP contribution in [0.2, 0.25) is 0 Å². The molecule has 1 N–H and O–H groups in total. The van der Waals surface area contributed by atoms with E-state index in [-0.39, 0.29) is 11.1 Å². The van der Waals surface area contributed by atoms with Crippen LogP contribution in [0.1, 0.15) is 33.8 Å². The number of rotatable bonds is 2. The van der Waals surface area contributed by atoms with Gasteiger partial charge >= 0.3 is 0 Å². The molecule has 0 atom stereocenters. The number of carbonyl (C=O) groups is 1. The van der Waals surface area contributed by atoms with Crippen molar-refractivity contribution in [2.24, 2.45) is 0 Å². The van der Waals surface area contributed by atoms with E-state index >= 15 is 0 Å². The van der Waals surface area contributed by atoms with E-state index in [2.05, 4.69) is 10.3 Å². The number of nitrogens with zero attached hydrogens (tertiary/aromatic N) is 2. The third kappa shape index (κ3) is 2.45. The second-order valence-corrected chi connectivity index (χ2v) is 6.66. The summed E-state index contributed by atoms with van der Waals surface area (Å²) >= 11 is 1.56. The molecule has 4 rings (SSSR count). The number of aryl methyl sites for hydroxylation is 2. The lowest BCUT2D eigenvalue weighted by molar-refractivity contribution is 0.102. The van der Waals surface area contributed by atoms with Crippen LogP contribution >= 0.6 is 11.3 Å². The number of thiazole rings is 1. The fraction of sp³-hybridized carbons (Fsp3) is 0.235. The van der Waals surface area contributed by atoms with Crippen molar-refractivity contribution in [1.29, 1.82) is 0 Å². The number of fused-ring (bicyclic) bond motifs is 3. The van der Waals surface area contributed by atoms with Crippen molar-refractivity contribution in [3.63, 3.8) is 0 Å². The fourth-order valence-electron chi connectivity index (χ4n) is 2.94. The van der Waals surface area contributed by atoms with Crippen molar-refractivity contribution in [2.45, 2.75) is 25.7 Å².